The number of hydrogen-bond acceptors (Lipinski definition) is 4. The van der Waals surface area contributed by atoms with Gasteiger partial charge in [0, 0.05) is 19.3 Å². The Balaban J connectivity index is 1.79. The number of ether oxygens (including phenoxy) is 2. The van der Waals surface area contributed by atoms with Gasteiger partial charge in [-0.15, -0.1) is 0 Å². The topological polar surface area (TPSA) is 34.6 Å². The highest BCUT2D eigenvalue weighted by Gasteiger charge is 2.30. The second-order valence-electron chi connectivity index (χ2n) is 6.76. The van der Waals surface area contributed by atoms with E-state index in [-0.39, 0.29) is 6.04 Å². The zero-order valence-corrected chi connectivity index (χ0v) is 15.8. The molecule has 4 heteroatoms. The van der Waals surface area contributed by atoms with Crippen molar-refractivity contribution in [3.05, 3.63) is 89.2 Å². The maximum atomic E-state index is 5.58. The molecule has 1 atom stereocenters. The molecule has 0 saturated carbocycles. The van der Waals surface area contributed by atoms with Crippen LogP contribution < -0.4 is 9.47 Å². The van der Waals surface area contributed by atoms with Gasteiger partial charge in [0.2, 0.25) is 0 Å². The van der Waals surface area contributed by atoms with Crippen molar-refractivity contribution >= 4 is 0 Å². The molecule has 0 N–H and O–H groups in total. The van der Waals surface area contributed by atoms with E-state index in [9.17, 15) is 0 Å². The van der Waals surface area contributed by atoms with E-state index in [1.165, 1.54) is 16.7 Å². The van der Waals surface area contributed by atoms with Crippen LogP contribution in [0.5, 0.6) is 11.5 Å². The fourth-order valence-corrected chi connectivity index (χ4v) is 3.89. The van der Waals surface area contributed by atoms with Gasteiger partial charge in [0.1, 0.15) is 0 Å². The summed E-state index contributed by atoms with van der Waals surface area (Å²) in [6, 6.07) is 21.2. The molecule has 0 aliphatic carbocycles. The van der Waals surface area contributed by atoms with E-state index in [0.717, 1.165) is 36.7 Å². The van der Waals surface area contributed by atoms with Crippen molar-refractivity contribution in [3.8, 4) is 11.5 Å². The summed E-state index contributed by atoms with van der Waals surface area (Å²) in [4.78, 5) is 7.02. The molecule has 2 heterocycles. The van der Waals surface area contributed by atoms with Crippen molar-refractivity contribution in [3.63, 3.8) is 0 Å². The maximum Gasteiger partial charge on any atom is 0.161 e. The van der Waals surface area contributed by atoms with Gasteiger partial charge in [-0.1, -0.05) is 36.4 Å². The first kappa shape index (κ1) is 17.6. The first-order chi connectivity index (χ1) is 13.3. The minimum Gasteiger partial charge on any atom is -0.493 e. The van der Waals surface area contributed by atoms with Crippen LogP contribution >= 0.6 is 0 Å². The monoisotopic (exact) mass is 360 g/mol. The Kier molecular flexibility index (Phi) is 5.07. The highest BCUT2D eigenvalue weighted by molar-refractivity contribution is 5.51. The SMILES string of the molecule is COc1cc2c(cc1OC)C(c1ccccc1)N(Cc1ccccn1)CC2. The highest BCUT2D eigenvalue weighted by Crippen LogP contribution is 2.41. The number of pyridine rings is 1. The van der Waals surface area contributed by atoms with Crippen LogP contribution in [-0.4, -0.2) is 30.6 Å². The number of methoxy groups -OCH3 is 2. The van der Waals surface area contributed by atoms with E-state index in [0.29, 0.717) is 0 Å². The molecule has 4 nitrogen and oxygen atoms in total. The quantitative estimate of drug-likeness (QED) is 0.681. The predicted octanol–water partition coefficient (Wildman–Crippen LogP) is 4.25. The zero-order valence-electron chi connectivity index (χ0n) is 15.8. The molecule has 4 rings (SSSR count). The first-order valence-corrected chi connectivity index (χ1v) is 9.24. The van der Waals surface area contributed by atoms with Gasteiger partial charge in [-0.2, -0.15) is 0 Å². The molecule has 0 radical (unpaired) electrons. The van der Waals surface area contributed by atoms with Crippen LogP contribution in [0.4, 0.5) is 0 Å². The summed E-state index contributed by atoms with van der Waals surface area (Å²) < 4.78 is 11.1. The van der Waals surface area contributed by atoms with E-state index < -0.39 is 0 Å². The molecule has 1 aliphatic rings. The van der Waals surface area contributed by atoms with Crippen molar-refractivity contribution in [1.29, 1.82) is 0 Å². The zero-order chi connectivity index (χ0) is 18.6. The third kappa shape index (κ3) is 3.53. The lowest BCUT2D eigenvalue weighted by Crippen LogP contribution is -2.36. The third-order valence-corrected chi connectivity index (χ3v) is 5.18. The van der Waals surface area contributed by atoms with Gasteiger partial charge in [-0.3, -0.25) is 9.88 Å². The summed E-state index contributed by atoms with van der Waals surface area (Å²) in [5.74, 6) is 1.57. The molecular weight excluding hydrogens is 336 g/mol. The molecule has 27 heavy (non-hydrogen) atoms. The number of hydrogen-bond donors (Lipinski definition) is 0. The van der Waals surface area contributed by atoms with Crippen LogP contribution in [-0.2, 0) is 13.0 Å². The van der Waals surface area contributed by atoms with E-state index in [2.05, 4.69) is 58.4 Å². The van der Waals surface area contributed by atoms with Gasteiger partial charge in [-0.05, 0) is 47.4 Å². The number of benzene rings is 2. The Hall–Kier alpha value is -2.85. The maximum absolute atomic E-state index is 5.58. The van der Waals surface area contributed by atoms with E-state index in [1.807, 2.05) is 18.3 Å². The lowest BCUT2D eigenvalue weighted by molar-refractivity contribution is 0.201. The molecule has 0 saturated heterocycles. The fourth-order valence-electron chi connectivity index (χ4n) is 3.89. The summed E-state index contributed by atoms with van der Waals surface area (Å²) in [6.07, 6.45) is 2.84. The Morgan fingerprint density at radius 3 is 2.41 bits per heavy atom. The van der Waals surface area contributed by atoms with E-state index >= 15 is 0 Å². The van der Waals surface area contributed by atoms with Gasteiger partial charge in [0.25, 0.3) is 0 Å². The van der Waals surface area contributed by atoms with Gasteiger partial charge in [-0.25, -0.2) is 0 Å². The average molecular weight is 360 g/mol. The summed E-state index contributed by atoms with van der Waals surface area (Å²) >= 11 is 0. The van der Waals surface area contributed by atoms with Crippen LogP contribution in [0.3, 0.4) is 0 Å². The number of aromatic nitrogens is 1. The van der Waals surface area contributed by atoms with Crippen LogP contribution in [0.25, 0.3) is 0 Å². The lowest BCUT2D eigenvalue weighted by atomic mass is 9.87. The highest BCUT2D eigenvalue weighted by atomic mass is 16.5. The summed E-state index contributed by atoms with van der Waals surface area (Å²) in [7, 11) is 3.38. The lowest BCUT2D eigenvalue weighted by Gasteiger charge is -2.38. The normalized spacial score (nSPS) is 16.6. The largest absolute Gasteiger partial charge is 0.493 e. The molecule has 1 unspecified atom stereocenters. The summed E-state index contributed by atoms with van der Waals surface area (Å²) in [6.45, 7) is 1.78. The second-order valence-corrected chi connectivity index (χ2v) is 6.76. The van der Waals surface area contributed by atoms with Crippen molar-refractivity contribution in [2.75, 3.05) is 20.8 Å². The molecule has 3 aromatic rings. The Morgan fingerprint density at radius 2 is 1.70 bits per heavy atom. The van der Waals surface area contributed by atoms with Crippen molar-refractivity contribution in [2.45, 2.75) is 19.0 Å². The van der Waals surface area contributed by atoms with Crippen LogP contribution in [0.1, 0.15) is 28.4 Å². The molecule has 138 valence electrons. The smallest absolute Gasteiger partial charge is 0.161 e. The minimum absolute atomic E-state index is 0.164. The third-order valence-electron chi connectivity index (χ3n) is 5.18. The summed E-state index contributed by atoms with van der Waals surface area (Å²) in [5.41, 5.74) is 4.96. The standard InChI is InChI=1S/C23H24N2O2/c1-26-21-14-18-11-13-25(16-19-10-6-7-12-24-19)23(17-8-4-3-5-9-17)20(18)15-22(21)27-2/h3-10,12,14-15,23H,11,13,16H2,1-2H3. The molecule has 1 aromatic heterocycles. The van der Waals surface area contributed by atoms with Crippen LogP contribution in [0, 0.1) is 0 Å². The Morgan fingerprint density at radius 1 is 0.963 bits per heavy atom. The van der Waals surface area contributed by atoms with Gasteiger partial charge in [0.05, 0.1) is 26.0 Å². The summed E-state index contributed by atoms with van der Waals surface area (Å²) in [5, 5.41) is 0. The predicted molar refractivity (Wildman–Crippen MR) is 106 cm³/mol. The Bertz CT molecular complexity index is 897. The molecule has 2 aromatic carbocycles. The minimum atomic E-state index is 0.164. The molecule has 0 spiro atoms. The van der Waals surface area contributed by atoms with E-state index in [1.54, 1.807) is 14.2 Å². The van der Waals surface area contributed by atoms with Gasteiger partial charge in [0.15, 0.2) is 11.5 Å². The molecule has 1 aliphatic heterocycles. The van der Waals surface area contributed by atoms with Gasteiger partial charge < -0.3 is 9.47 Å². The number of nitrogens with zero attached hydrogens (tertiary/aromatic N) is 2. The van der Waals surface area contributed by atoms with Crippen LogP contribution in [0.2, 0.25) is 0 Å². The van der Waals surface area contributed by atoms with Crippen molar-refractivity contribution in [1.82, 2.24) is 9.88 Å². The van der Waals surface area contributed by atoms with Crippen molar-refractivity contribution < 1.29 is 9.47 Å². The fraction of sp³-hybridized carbons (Fsp3) is 0.261. The number of rotatable bonds is 5. The molecule has 0 fully saturated rings. The first-order valence-electron chi connectivity index (χ1n) is 9.24. The number of fused-ring (bicyclic) bond motifs is 1. The van der Waals surface area contributed by atoms with Crippen LogP contribution in [0.15, 0.2) is 66.9 Å². The molecule has 0 amide bonds. The van der Waals surface area contributed by atoms with Gasteiger partial charge >= 0.3 is 0 Å². The molecular formula is C23H24N2O2. The molecule has 0 bridgehead atoms. The van der Waals surface area contributed by atoms with E-state index in [4.69, 9.17) is 9.47 Å². The van der Waals surface area contributed by atoms with Crippen molar-refractivity contribution in [2.24, 2.45) is 0 Å². The second kappa shape index (κ2) is 7.80. The average Bonchev–Trinajstić information content (AvgIpc) is 2.74. The Labute approximate surface area is 160 Å².